The van der Waals surface area contributed by atoms with Crippen molar-refractivity contribution in [3.63, 3.8) is 0 Å². The zero-order valence-electron chi connectivity index (χ0n) is 14.9. The Morgan fingerprint density at radius 2 is 1.77 bits per heavy atom. The highest BCUT2D eigenvalue weighted by Gasteiger charge is 2.11. The van der Waals surface area contributed by atoms with Gasteiger partial charge in [-0.15, -0.1) is 0 Å². The molecule has 1 N–H and O–H groups in total. The third-order valence-electron chi connectivity index (χ3n) is 3.95. The number of benzene rings is 2. The van der Waals surface area contributed by atoms with Gasteiger partial charge in [0.2, 0.25) is 5.91 Å². The molecule has 7 heteroatoms. The largest absolute Gasteiger partial charge is 0.497 e. The molecule has 0 fully saturated rings. The Morgan fingerprint density at radius 3 is 2.50 bits per heavy atom. The van der Waals surface area contributed by atoms with Crippen LogP contribution in [-0.2, 0) is 11.2 Å². The van der Waals surface area contributed by atoms with Gasteiger partial charge in [-0.25, -0.2) is 4.98 Å². The quantitative estimate of drug-likeness (QED) is 0.681. The normalized spacial score (nSPS) is 10.6. The molecular formula is C19H20N2O4S. The van der Waals surface area contributed by atoms with Crippen LogP contribution < -0.4 is 19.5 Å². The molecule has 0 atom stereocenters. The topological polar surface area (TPSA) is 69.7 Å². The predicted octanol–water partition coefficient (Wildman–Crippen LogP) is 3.89. The molecule has 26 heavy (non-hydrogen) atoms. The smallest absolute Gasteiger partial charge is 0.226 e. The summed E-state index contributed by atoms with van der Waals surface area (Å²) in [5.74, 6) is 2.15. The van der Waals surface area contributed by atoms with E-state index in [9.17, 15) is 4.79 Å². The predicted molar refractivity (Wildman–Crippen MR) is 103 cm³/mol. The third kappa shape index (κ3) is 4.05. The second-order valence-electron chi connectivity index (χ2n) is 5.58. The highest BCUT2D eigenvalue weighted by atomic mass is 32.1. The zero-order chi connectivity index (χ0) is 18.5. The summed E-state index contributed by atoms with van der Waals surface area (Å²) in [5.41, 5.74) is 1.76. The molecule has 1 aromatic heterocycles. The number of aryl methyl sites for hydroxylation is 1. The third-order valence-corrected chi connectivity index (χ3v) is 4.88. The minimum atomic E-state index is -0.0964. The van der Waals surface area contributed by atoms with Crippen molar-refractivity contribution >= 4 is 32.6 Å². The van der Waals surface area contributed by atoms with Crippen LogP contribution in [-0.4, -0.2) is 32.2 Å². The van der Waals surface area contributed by atoms with Crippen molar-refractivity contribution in [1.82, 2.24) is 4.98 Å². The van der Waals surface area contributed by atoms with E-state index in [0.29, 0.717) is 18.0 Å². The van der Waals surface area contributed by atoms with Crippen LogP contribution in [0.4, 0.5) is 5.13 Å². The number of methoxy groups -OCH3 is 3. The van der Waals surface area contributed by atoms with Crippen LogP contribution in [0, 0.1) is 0 Å². The van der Waals surface area contributed by atoms with E-state index in [1.807, 2.05) is 36.4 Å². The average molecular weight is 372 g/mol. The molecule has 0 saturated carbocycles. The van der Waals surface area contributed by atoms with E-state index >= 15 is 0 Å². The summed E-state index contributed by atoms with van der Waals surface area (Å²) in [4.78, 5) is 16.7. The van der Waals surface area contributed by atoms with Crippen LogP contribution in [0.15, 0.2) is 36.4 Å². The maximum Gasteiger partial charge on any atom is 0.226 e. The van der Waals surface area contributed by atoms with E-state index in [1.165, 1.54) is 11.3 Å². The Balaban J connectivity index is 1.66. The monoisotopic (exact) mass is 372 g/mol. The maximum atomic E-state index is 12.3. The molecule has 3 rings (SSSR count). The summed E-state index contributed by atoms with van der Waals surface area (Å²) in [5, 5.41) is 3.44. The van der Waals surface area contributed by atoms with Crippen LogP contribution in [0.5, 0.6) is 17.2 Å². The molecule has 0 aliphatic carbocycles. The summed E-state index contributed by atoms with van der Waals surface area (Å²) in [7, 11) is 4.85. The van der Waals surface area contributed by atoms with Crippen LogP contribution in [0.25, 0.3) is 10.2 Å². The fourth-order valence-corrected chi connectivity index (χ4v) is 3.50. The zero-order valence-corrected chi connectivity index (χ0v) is 15.7. The number of carbonyl (C=O) groups is 1. The fourth-order valence-electron chi connectivity index (χ4n) is 2.59. The number of aromatic nitrogens is 1. The highest BCUT2D eigenvalue weighted by molar-refractivity contribution is 7.22. The number of amides is 1. The SMILES string of the molecule is COc1ccc(OC)c(CCC(=O)Nc2nc3ccc(OC)cc3s2)c1. The molecule has 0 spiro atoms. The van der Waals surface area contributed by atoms with Crippen molar-refractivity contribution in [2.45, 2.75) is 12.8 Å². The van der Waals surface area contributed by atoms with Gasteiger partial charge < -0.3 is 19.5 Å². The Labute approximate surface area is 155 Å². The van der Waals surface area contributed by atoms with Crippen molar-refractivity contribution in [3.05, 3.63) is 42.0 Å². The van der Waals surface area contributed by atoms with Crippen molar-refractivity contribution < 1.29 is 19.0 Å². The van der Waals surface area contributed by atoms with Crippen molar-refractivity contribution in [3.8, 4) is 17.2 Å². The standard InChI is InChI=1S/C19H20N2O4S/c1-23-13-6-8-16(25-3)12(10-13)4-9-18(22)21-19-20-15-7-5-14(24-2)11-17(15)26-19/h5-8,10-11H,4,9H2,1-3H3,(H,20,21,22). The first-order valence-corrected chi connectivity index (χ1v) is 8.90. The van der Waals surface area contributed by atoms with Crippen LogP contribution >= 0.6 is 11.3 Å². The van der Waals surface area contributed by atoms with Gasteiger partial charge >= 0.3 is 0 Å². The summed E-state index contributed by atoms with van der Waals surface area (Å²) >= 11 is 1.42. The minimum absolute atomic E-state index is 0.0964. The number of rotatable bonds is 7. The number of anilines is 1. The molecule has 0 aliphatic rings. The number of hydrogen-bond donors (Lipinski definition) is 1. The van der Waals surface area contributed by atoms with E-state index < -0.39 is 0 Å². The number of hydrogen-bond acceptors (Lipinski definition) is 6. The Bertz CT molecular complexity index is 923. The summed E-state index contributed by atoms with van der Waals surface area (Å²) in [6.07, 6.45) is 0.869. The molecule has 0 radical (unpaired) electrons. The molecule has 3 aromatic rings. The van der Waals surface area contributed by atoms with Gasteiger partial charge in [0, 0.05) is 6.42 Å². The fraction of sp³-hybridized carbons (Fsp3) is 0.263. The van der Waals surface area contributed by atoms with Gasteiger partial charge in [-0.05, 0) is 48.4 Å². The summed E-state index contributed by atoms with van der Waals surface area (Å²) < 4.78 is 16.8. The first-order chi connectivity index (χ1) is 12.6. The second kappa shape index (κ2) is 8.05. The Kier molecular flexibility index (Phi) is 5.58. The van der Waals surface area contributed by atoms with Crippen LogP contribution in [0.1, 0.15) is 12.0 Å². The van der Waals surface area contributed by atoms with Gasteiger partial charge in [-0.1, -0.05) is 11.3 Å². The molecule has 0 aliphatic heterocycles. The highest BCUT2D eigenvalue weighted by Crippen LogP contribution is 2.29. The summed E-state index contributed by atoms with van der Waals surface area (Å²) in [6.45, 7) is 0. The number of ether oxygens (including phenoxy) is 3. The van der Waals surface area contributed by atoms with Crippen LogP contribution in [0.2, 0.25) is 0 Å². The van der Waals surface area contributed by atoms with Gasteiger partial charge in [0.15, 0.2) is 5.13 Å². The van der Waals surface area contributed by atoms with Crippen molar-refractivity contribution in [2.75, 3.05) is 26.6 Å². The van der Waals surface area contributed by atoms with Gasteiger partial charge in [0.25, 0.3) is 0 Å². The van der Waals surface area contributed by atoms with E-state index in [-0.39, 0.29) is 5.91 Å². The average Bonchev–Trinajstić information content (AvgIpc) is 3.07. The lowest BCUT2D eigenvalue weighted by atomic mass is 10.1. The van der Waals surface area contributed by atoms with E-state index in [0.717, 1.165) is 33.0 Å². The van der Waals surface area contributed by atoms with E-state index in [2.05, 4.69) is 10.3 Å². The minimum Gasteiger partial charge on any atom is -0.497 e. The van der Waals surface area contributed by atoms with Crippen molar-refractivity contribution in [1.29, 1.82) is 0 Å². The Morgan fingerprint density at radius 1 is 1.04 bits per heavy atom. The number of thiazole rings is 1. The molecule has 136 valence electrons. The molecule has 2 aromatic carbocycles. The molecule has 1 amide bonds. The van der Waals surface area contributed by atoms with Crippen molar-refractivity contribution in [2.24, 2.45) is 0 Å². The summed E-state index contributed by atoms with van der Waals surface area (Å²) in [6, 6.07) is 11.2. The Hall–Kier alpha value is -2.80. The first-order valence-electron chi connectivity index (χ1n) is 8.08. The molecule has 0 unspecified atom stereocenters. The van der Waals surface area contributed by atoms with Gasteiger partial charge in [-0.3, -0.25) is 4.79 Å². The van der Waals surface area contributed by atoms with Gasteiger partial charge in [0.05, 0.1) is 31.5 Å². The van der Waals surface area contributed by atoms with E-state index in [1.54, 1.807) is 21.3 Å². The first kappa shape index (κ1) is 18.0. The number of nitrogens with zero attached hydrogens (tertiary/aromatic N) is 1. The molecule has 0 bridgehead atoms. The lowest BCUT2D eigenvalue weighted by molar-refractivity contribution is -0.116. The maximum absolute atomic E-state index is 12.3. The van der Waals surface area contributed by atoms with Gasteiger partial charge in [-0.2, -0.15) is 0 Å². The lowest BCUT2D eigenvalue weighted by Gasteiger charge is -2.10. The van der Waals surface area contributed by atoms with Crippen LogP contribution in [0.3, 0.4) is 0 Å². The van der Waals surface area contributed by atoms with Gasteiger partial charge in [0.1, 0.15) is 17.2 Å². The lowest BCUT2D eigenvalue weighted by Crippen LogP contribution is -2.12. The van der Waals surface area contributed by atoms with E-state index in [4.69, 9.17) is 14.2 Å². The number of nitrogens with one attached hydrogen (secondary N) is 1. The second-order valence-corrected chi connectivity index (χ2v) is 6.61. The molecule has 0 saturated heterocycles. The molecular weight excluding hydrogens is 352 g/mol. The number of fused-ring (bicyclic) bond motifs is 1. The number of carbonyl (C=O) groups excluding carboxylic acids is 1. The molecule has 6 nitrogen and oxygen atoms in total. The molecule has 1 heterocycles.